The van der Waals surface area contributed by atoms with Crippen LogP contribution in [-0.4, -0.2) is 28.9 Å². The topological polar surface area (TPSA) is 59.0 Å². The van der Waals surface area contributed by atoms with Gasteiger partial charge in [0, 0.05) is 18.8 Å². The first kappa shape index (κ1) is 13.5. The van der Waals surface area contributed by atoms with Crippen molar-refractivity contribution in [2.24, 2.45) is 0 Å². The first-order valence-corrected chi connectivity index (χ1v) is 6.08. The van der Waals surface area contributed by atoms with Gasteiger partial charge in [0.2, 0.25) is 0 Å². The number of urea groups is 1. The van der Waals surface area contributed by atoms with Crippen LogP contribution in [0.2, 0.25) is 0 Å². The highest BCUT2D eigenvalue weighted by Gasteiger charge is 2.06. The molecule has 5 heteroatoms. The van der Waals surface area contributed by atoms with E-state index in [4.69, 9.17) is 0 Å². The van der Waals surface area contributed by atoms with E-state index in [0.717, 1.165) is 12.1 Å². The second kappa shape index (κ2) is 6.27. The van der Waals surface area contributed by atoms with Crippen LogP contribution in [0.25, 0.3) is 0 Å². The third-order valence-electron chi connectivity index (χ3n) is 2.89. The Labute approximate surface area is 103 Å². The smallest absolute Gasteiger partial charge is 0.314 e. The number of amides is 2. The summed E-state index contributed by atoms with van der Waals surface area (Å²) in [5, 5.41) is 9.99. The molecule has 0 saturated heterocycles. The van der Waals surface area contributed by atoms with Gasteiger partial charge in [-0.05, 0) is 32.8 Å². The van der Waals surface area contributed by atoms with Crippen LogP contribution in [0.3, 0.4) is 0 Å². The molecule has 1 aromatic heterocycles. The molecule has 0 unspecified atom stereocenters. The van der Waals surface area contributed by atoms with E-state index >= 15 is 0 Å². The molecule has 0 atom stereocenters. The highest BCUT2D eigenvalue weighted by Crippen LogP contribution is 2.09. The van der Waals surface area contributed by atoms with Crippen LogP contribution in [0.15, 0.2) is 0 Å². The van der Waals surface area contributed by atoms with Gasteiger partial charge in [-0.1, -0.05) is 6.92 Å². The van der Waals surface area contributed by atoms with Crippen molar-refractivity contribution in [3.63, 3.8) is 0 Å². The molecule has 0 saturated carbocycles. The van der Waals surface area contributed by atoms with Gasteiger partial charge in [-0.25, -0.2) is 4.79 Å². The number of carbonyl (C=O) groups is 1. The number of carbonyl (C=O) groups excluding carboxylic acids is 1. The van der Waals surface area contributed by atoms with Crippen LogP contribution in [0.5, 0.6) is 0 Å². The lowest BCUT2D eigenvalue weighted by molar-refractivity contribution is 0.240. The first-order valence-electron chi connectivity index (χ1n) is 6.08. The quantitative estimate of drug-likeness (QED) is 0.817. The molecule has 96 valence electrons. The van der Waals surface area contributed by atoms with Crippen molar-refractivity contribution in [2.45, 2.75) is 40.7 Å². The Morgan fingerprint density at radius 2 is 1.88 bits per heavy atom. The molecular formula is C12H22N4O. The van der Waals surface area contributed by atoms with Crippen molar-refractivity contribution in [1.82, 2.24) is 20.4 Å². The molecule has 0 aliphatic heterocycles. The minimum Gasteiger partial charge on any atom is -0.338 e. The van der Waals surface area contributed by atoms with Gasteiger partial charge in [-0.15, -0.1) is 0 Å². The van der Waals surface area contributed by atoms with E-state index in [2.05, 4.69) is 22.7 Å². The van der Waals surface area contributed by atoms with Crippen molar-refractivity contribution in [2.75, 3.05) is 13.1 Å². The summed E-state index contributed by atoms with van der Waals surface area (Å²) in [4.78, 5) is 11.3. The lowest BCUT2D eigenvalue weighted by Crippen LogP contribution is -2.37. The van der Waals surface area contributed by atoms with E-state index in [1.165, 1.54) is 11.3 Å². The van der Waals surface area contributed by atoms with Crippen LogP contribution in [0.4, 0.5) is 4.79 Å². The first-order chi connectivity index (χ1) is 8.06. The number of hydrogen-bond donors (Lipinski definition) is 2. The van der Waals surface area contributed by atoms with Crippen molar-refractivity contribution in [3.05, 3.63) is 17.0 Å². The second-order valence-corrected chi connectivity index (χ2v) is 4.20. The Morgan fingerprint density at radius 1 is 1.24 bits per heavy atom. The number of rotatable bonds is 5. The summed E-state index contributed by atoms with van der Waals surface area (Å²) in [5.41, 5.74) is 3.44. The molecule has 1 heterocycles. The SMILES string of the molecule is CCCNC(=O)NCCn1nc(C)c(C)c1C. The summed E-state index contributed by atoms with van der Waals surface area (Å²) >= 11 is 0. The molecule has 0 spiro atoms. The standard InChI is InChI=1S/C12H22N4O/c1-5-6-13-12(17)14-7-8-16-11(4)9(2)10(3)15-16/h5-8H2,1-4H3,(H2,13,14,17). The molecule has 2 amide bonds. The third-order valence-corrected chi connectivity index (χ3v) is 2.89. The Hall–Kier alpha value is -1.52. The number of nitrogens with one attached hydrogen (secondary N) is 2. The molecule has 2 N–H and O–H groups in total. The van der Waals surface area contributed by atoms with Gasteiger partial charge in [-0.3, -0.25) is 4.68 Å². The molecule has 0 radical (unpaired) electrons. The second-order valence-electron chi connectivity index (χ2n) is 4.20. The molecule has 1 rings (SSSR count). The average molecular weight is 238 g/mol. The fraction of sp³-hybridized carbons (Fsp3) is 0.667. The lowest BCUT2D eigenvalue weighted by atomic mass is 10.2. The molecule has 0 bridgehead atoms. The fourth-order valence-electron chi connectivity index (χ4n) is 1.58. The Morgan fingerprint density at radius 3 is 2.41 bits per heavy atom. The maximum absolute atomic E-state index is 11.3. The minimum absolute atomic E-state index is 0.106. The summed E-state index contributed by atoms with van der Waals surface area (Å²) in [6, 6.07) is -0.106. The van der Waals surface area contributed by atoms with E-state index in [0.29, 0.717) is 19.6 Å². The van der Waals surface area contributed by atoms with Gasteiger partial charge in [0.15, 0.2) is 0 Å². The largest absolute Gasteiger partial charge is 0.338 e. The fourth-order valence-corrected chi connectivity index (χ4v) is 1.58. The normalized spacial score (nSPS) is 10.4. The number of nitrogens with zero attached hydrogens (tertiary/aromatic N) is 2. The molecule has 1 aromatic rings. The zero-order valence-electron chi connectivity index (χ0n) is 11.1. The summed E-state index contributed by atoms with van der Waals surface area (Å²) < 4.78 is 1.94. The van der Waals surface area contributed by atoms with Crippen LogP contribution < -0.4 is 10.6 Å². The average Bonchev–Trinajstić information content (AvgIpc) is 2.54. The maximum Gasteiger partial charge on any atom is 0.314 e. The lowest BCUT2D eigenvalue weighted by Gasteiger charge is -2.08. The predicted molar refractivity (Wildman–Crippen MR) is 68.1 cm³/mol. The monoisotopic (exact) mass is 238 g/mol. The van der Waals surface area contributed by atoms with E-state index < -0.39 is 0 Å². The van der Waals surface area contributed by atoms with Crippen LogP contribution in [0.1, 0.15) is 30.3 Å². The van der Waals surface area contributed by atoms with Gasteiger partial charge in [0.05, 0.1) is 12.2 Å². The minimum atomic E-state index is -0.106. The van der Waals surface area contributed by atoms with Crippen molar-refractivity contribution in [1.29, 1.82) is 0 Å². The molecule has 0 aromatic carbocycles. The zero-order chi connectivity index (χ0) is 12.8. The zero-order valence-corrected chi connectivity index (χ0v) is 11.1. The van der Waals surface area contributed by atoms with Crippen molar-refractivity contribution in [3.8, 4) is 0 Å². The van der Waals surface area contributed by atoms with Crippen LogP contribution in [-0.2, 0) is 6.54 Å². The van der Waals surface area contributed by atoms with Gasteiger partial charge in [0.1, 0.15) is 0 Å². The summed E-state index contributed by atoms with van der Waals surface area (Å²) in [6.07, 6.45) is 0.948. The molecular weight excluding hydrogens is 216 g/mol. The molecule has 5 nitrogen and oxygen atoms in total. The van der Waals surface area contributed by atoms with Crippen LogP contribution >= 0.6 is 0 Å². The van der Waals surface area contributed by atoms with E-state index in [9.17, 15) is 4.79 Å². The maximum atomic E-state index is 11.3. The molecule has 0 aliphatic carbocycles. The molecule has 17 heavy (non-hydrogen) atoms. The van der Waals surface area contributed by atoms with Crippen molar-refractivity contribution < 1.29 is 4.79 Å². The third kappa shape index (κ3) is 3.76. The Bertz CT molecular complexity index is 384. The van der Waals surface area contributed by atoms with E-state index in [-0.39, 0.29) is 6.03 Å². The highest BCUT2D eigenvalue weighted by atomic mass is 16.2. The summed E-state index contributed by atoms with van der Waals surface area (Å²) in [5.74, 6) is 0. The van der Waals surface area contributed by atoms with Gasteiger partial charge in [-0.2, -0.15) is 5.10 Å². The van der Waals surface area contributed by atoms with Gasteiger partial charge >= 0.3 is 6.03 Å². The molecule has 0 aliphatic rings. The molecule has 0 fully saturated rings. The number of aromatic nitrogens is 2. The summed E-state index contributed by atoms with van der Waals surface area (Å²) in [7, 11) is 0. The van der Waals surface area contributed by atoms with Gasteiger partial charge < -0.3 is 10.6 Å². The van der Waals surface area contributed by atoms with Gasteiger partial charge in [0.25, 0.3) is 0 Å². The highest BCUT2D eigenvalue weighted by molar-refractivity contribution is 5.73. The summed E-state index contributed by atoms with van der Waals surface area (Å²) in [6.45, 7) is 10.2. The Balaban J connectivity index is 2.36. The number of hydrogen-bond acceptors (Lipinski definition) is 2. The van der Waals surface area contributed by atoms with E-state index in [1.807, 2.05) is 25.5 Å². The Kier molecular flexibility index (Phi) is 5.00. The predicted octanol–water partition coefficient (Wildman–Crippen LogP) is 1.52. The van der Waals surface area contributed by atoms with E-state index in [1.54, 1.807) is 0 Å². The number of aryl methyl sites for hydroxylation is 1. The van der Waals surface area contributed by atoms with Crippen LogP contribution in [0, 0.1) is 20.8 Å². The van der Waals surface area contributed by atoms with Crippen molar-refractivity contribution >= 4 is 6.03 Å².